The highest BCUT2D eigenvalue weighted by molar-refractivity contribution is 6.14. The van der Waals surface area contributed by atoms with Crippen molar-refractivity contribution < 1.29 is 0 Å². The molecule has 0 bridgehead atoms. The highest BCUT2D eigenvalue weighted by Crippen LogP contribution is 2.40. The van der Waals surface area contributed by atoms with E-state index in [4.69, 9.17) is 4.98 Å². The normalized spacial score (nSPS) is 11.6. The van der Waals surface area contributed by atoms with Crippen molar-refractivity contribution in [2.24, 2.45) is 0 Å². The molecule has 0 atom stereocenters. The fraction of sp³-hybridized carbons (Fsp3) is 0.100. The first-order valence-electron chi connectivity index (χ1n) is 11.4. The molecular formula is C30H25N3. The van der Waals surface area contributed by atoms with Gasteiger partial charge in [-0.25, -0.2) is 4.98 Å². The standard InChI is InChI=1S/C30H25N3/c1-21(2)24-17-18-27-28(29(24)32-20-19-31-30(32)22-11-5-3-6-12-22)25-15-9-10-16-26(25)33(27)23-13-7-4-8-14-23/h3-21H,1-2H3. The molecule has 0 saturated carbocycles. The zero-order valence-corrected chi connectivity index (χ0v) is 18.8. The van der Waals surface area contributed by atoms with Gasteiger partial charge in [-0.3, -0.25) is 4.57 Å². The minimum Gasteiger partial charge on any atom is -0.309 e. The third kappa shape index (κ3) is 3.08. The Bertz CT molecular complexity index is 1570. The van der Waals surface area contributed by atoms with E-state index < -0.39 is 0 Å². The van der Waals surface area contributed by atoms with Crippen molar-refractivity contribution in [3.8, 4) is 22.8 Å². The molecule has 4 aromatic carbocycles. The van der Waals surface area contributed by atoms with Gasteiger partial charge in [0, 0.05) is 34.4 Å². The second-order valence-corrected chi connectivity index (χ2v) is 8.73. The van der Waals surface area contributed by atoms with Crippen molar-refractivity contribution in [2.45, 2.75) is 19.8 Å². The fourth-order valence-electron chi connectivity index (χ4n) is 4.92. The van der Waals surface area contributed by atoms with E-state index in [0.717, 1.165) is 11.4 Å². The largest absolute Gasteiger partial charge is 0.309 e. The average molecular weight is 428 g/mol. The second kappa shape index (κ2) is 7.79. The summed E-state index contributed by atoms with van der Waals surface area (Å²) in [7, 11) is 0. The van der Waals surface area contributed by atoms with E-state index >= 15 is 0 Å². The number of fused-ring (bicyclic) bond motifs is 3. The maximum atomic E-state index is 4.77. The van der Waals surface area contributed by atoms with Crippen molar-refractivity contribution in [1.29, 1.82) is 0 Å². The maximum absolute atomic E-state index is 4.77. The topological polar surface area (TPSA) is 22.8 Å². The van der Waals surface area contributed by atoms with Gasteiger partial charge in [-0.05, 0) is 35.7 Å². The Hall–Kier alpha value is -4.11. The van der Waals surface area contributed by atoms with Gasteiger partial charge in [0.1, 0.15) is 5.82 Å². The van der Waals surface area contributed by atoms with Crippen molar-refractivity contribution >= 4 is 21.8 Å². The quantitative estimate of drug-likeness (QED) is 0.282. The third-order valence-electron chi connectivity index (χ3n) is 6.39. The first-order valence-corrected chi connectivity index (χ1v) is 11.4. The smallest absolute Gasteiger partial charge is 0.144 e. The molecule has 6 aromatic rings. The molecule has 2 aromatic heterocycles. The van der Waals surface area contributed by atoms with E-state index in [1.165, 1.54) is 38.7 Å². The van der Waals surface area contributed by atoms with Gasteiger partial charge in [-0.1, -0.05) is 86.6 Å². The van der Waals surface area contributed by atoms with Crippen LogP contribution in [0.1, 0.15) is 25.3 Å². The summed E-state index contributed by atoms with van der Waals surface area (Å²) in [6.07, 6.45) is 4.00. The number of hydrogen-bond donors (Lipinski definition) is 0. The summed E-state index contributed by atoms with van der Waals surface area (Å²) in [6.45, 7) is 4.53. The van der Waals surface area contributed by atoms with E-state index in [0.29, 0.717) is 5.92 Å². The Morgan fingerprint density at radius 3 is 2.15 bits per heavy atom. The Kier molecular flexibility index (Phi) is 4.62. The van der Waals surface area contributed by atoms with Crippen LogP contribution in [0.25, 0.3) is 44.6 Å². The number of imidazole rings is 1. The van der Waals surface area contributed by atoms with Crippen LogP contribution in [-0.2, 0) is 0 Å². The predicted octanol–water partition coefficient (Wildman–Crippen LogP) is 7.76. The van der Waals surface area contributed by atoms with Gasteiger partial charge < -0.3 is 4.57 Å². The number of rotatable bonds is 4. The summed E-state index contributed by atoms with van der Waals surface area (Å²) in [5.74, 6) is 1.33. The van der Waals surface area contributed by atoms with E-state index in [9.17, 15) is 0 Å². The van der Waals surface area contributed by atoms with Crippen LogP contribution < -0.4 is 0 Å². The molecule has 3 heteroatoms. The Morgan fingerprint density at radius 1 is 0.697 bits per heavy atom. The lowest BCUT2D eigenvalue weighted by molar-refractivity contribution is 0.851. The summed E-state index contributed by atoms with van der Waals surface area (Å²) >= 11 is 0. The number of hydrogen-bond acceptors (Lipinski definition) is 1. The zero-order valence-electron chi connectivity index (χ0n) is 18.8. The van der Waals surface area contributed by atoms with Crippen LogP contribution in [0.15, 0.2) is 109 Å². The summed E-state index contributed by atoms with van der Waals surface area (Å²) in [4.78, 5) is 4.77. The highest BCUT2D eigenvalue weighted by atomic mass is 15.1. The van der Waals surface area contributed by atoms with Gasteiger partial charge in [0.05, 0.1) is 16.7 Å². The van der Waals surface area contributed by atoms with E-state index in [2.05, 4.69) is 120 Å². The minimum absolute atomic E-state index is 0.370. The average Bonchev–Trinajstić information content (AvgIpc) is 3.47. The summed E-state index contributed by atoms with van der Waals surface area (Å²) in [5.41, 5.74) is 7.22. The molecule has 0 amide bonds. The Balaban J connectivity index is 1.77. The number of para-hydroxylation sites is 2. The molecule has 0 saturated heterocycles. The monoisotopic (exact) mass is 427 g/mol. The Labute approximate surface area is 193 Å². The molecule has 0 aliphatic heterocycles. The minimum atomic E-state index is 0.370. The van der Waals surface area contributed by atoms with Gasteiger partial charge in [0.15, 0.2) is 0 Å². The summed E-state index contributed by atoms with van der Waals surface area (Å²) in [6, 6.07) is 34.3. The molecule has 0 unspecified atom stereocenters. The fourth-order valence-corrected chi connectivity index (χ4v) is 4.92. The summed E-state index contributed by atoms with van der Waals surface area (Å²) < 4.78 is 4.65. The van der Waals surface area contributed by atoms with E-state index in [-0.39, 0.29) is 0 Å². The first kappa shape index (κ1) is 19.6. The molecule has 0 N–H and O–H groups in total. The highest BCUT2D eigenvalue weighted by Gasteiger charge is 2.21. The number of nitrogens with zero attached hydrogens (tertiary/aromatic N) is 3. The van der Waals surface area contributed by atoms with Gasteiger partial charge in [-0.15, -0.1) is 0 Å². The van der Waals surface area contributed by atoms with Crippen LogP contribution in [0.4, 0.5) is 0 Å². The van der Waals surface area contributed by atoms with Crippen LogP contribution in [0, 0.1) is 0 Å². The molecule has 2 heterocycles. The predicted molar refractivity (Wildman–Crippen MR) is 137 cm³/mol. The lowest BCUT2D eigenvalue weighted by Gasteiger charge is -2.18. The SMILES string of the molecule is CC(C)c1ccc2c(c1-n1ccnc1-c1ccccc1)c1ccccc1n2-c1ccccc1. The van der Waals surface area contributed by atoms with Crippen molar-refractivity contribution in [3.63, 3.8) is 0 Å². The van der Waals surface area contributed by atoms with Gasteiger partial charge >= 0.3 is 0 Å². The van der Waals surface area contributed by atoms with Crippen molar-refractivity contribution in [2.75, 3.05) is 0 Å². The number of aromatic nitrogens is 3. The van der Waals surface area contributed by atoms with Crippen LogP contribution in [-0.4, -0.2) is 14.1 Å². The Morgan fingerprint density at radius 2 is 1.39 bits per heavy atom. The van der Waals surface area contributed by atoms with Crippen molar-refractivity contribution in [3.05, 3.63) is 115 Å². The van der Waals surface area contributed by atoms with Crippen LogP contribution in [0.2, 0.25) is 0 Å². The van der Waals surface area contributed by atoms with Crippen LogP contribution >= 0.6 is 0 Å². The molecule has 0 fully saturated rings. The molecule has 33 heavy (non-hydrogen) atoms. The van der Waals surface area contributed by atoms with E-state index in [1.807, 2.05) is 12.3 Å². The lowest BCUT2D eigenvalue weighted by Crippen LogP contribution is -2.04. The molecule has 0 radical (unpaired) electrons. The third-order valence-corrected chi connectivity index (χ3v) is 6.39. The van der Waals surface area contributed by atoms with Crippen LogP contribution in [0.3, 0.4) is 0 Å². The van der Waals surface area contributed by atoms with Crippen molar-refractivity contribution in [1.82, 2.24) is 14.1 Å². The summed E-state index contributed by atoms with van der Waals surface area (Å²) in [5, 5.41) is 2.51. The van der Waals surface area contributed by atoms with Crippen LogP contribution in [0.5, 0.6) is 0 Å². The molecule has 160 valence electrons. The zero-order chi connectivity index (χ0) is 22.4. The van der Waals surface area contributed by atoms with Gasteiger partial charge in [0.25, 0.3) is 0 Å². The number of benzene rings is 4. The molecule has 3 nitrogen and oxygen atoms in total. The first-order chi connectivity index (χ1) is 16.2. The molecule has 0 aliphatic rings. The lowest BCUT2D eigenvalue weighted by atomic mass is 9.97. The maximum Gasteiger partial charge on any atom is 0.144 e. The van der Waals surface area contributed by atoms with Gasteiger partial charge in [-0.2, -0.15) is 0 Å². The second-order valence-electron chi connectivity index (χ2n) is 8.73. The molecule has 0 spiro atoms. The molecule has 6 rings (SSSR count). The van der Waals surface area contributed by atoms with Gasteiger partial charge in [0.2, 0.25) is 0 Å². The van der Waals surface area contributed by atoms with E-state index in [1.54, 1.807) is 0 Å². The molecule has 0 aliphatic carbocycles. The molecular weight excluding hydrogens is 402 g/mol.